The quantitative estimate of drug-likeness (QED) is 0.849. The lowest BCUT2D eigenvalue weighted by atomic mass is 9.63. The number of rotatable bonds is 3. The van der Waals surface area contributed by atoms with Gasteiger partial charge in [0.05, 0.1) is 0 Å². The van der Waals surface area contributed by atoms with E-state index in [1.165, 1.54) is 45.2 Å². The predicted molar refractivity (Wildman–Crippen MR) is 87.7 cm³/mol. The molecular weight excluding hydrogens is 244 g/mol. The molecule has 1 saturated heterocycles. The molecule has 2 heteroatoms. The lowest BCUT2D eigenvalue weighted by molar-refractivity contribution is -0.0319. The zero-order valence-corrected chi connectivity index (χ0v) is 14.4. The van der Waals surface area contributed by atoms with Crippen LogP contribution in [0.3, 0.4) is 0 Å². The summed E-state index contributed by atoms with van der Waals surface area (Å²) in [6.07, 6.45) is 6.69. The molecule has 2 rings (SSSR count). The zero-order valence-electron chi connectivity index (χ0n) is 14.4. The Balaban J connectivity index is 2.08. The highest BCUT2D eigenvalue weighted by Crippen LogP contribution is 2.47. The van der Waals surface area contributed by atoms with Crippen molar-refractivity contribution in [2.75, 3.05) is 19.6 Å². The van der Waals surface area contributed by atoms with E-state index in [0.29, 0.717) is 5.41 Å². The first-order valence-electron chi connectivity index (χ1n) is 8.73. The van der Waals surface area contributed by atoms with E-state index in [2.05, 4.69) is 39.5 Å². The first kappa shape index (κ1) is 16.3. The van der Waals surface area contributed by atoms with Crippen LogP contribution >= 0.6 is 0 Å². The summed E-state index contributed by atoms with van der Waals surface area (Å²) in [5, 5.41) is 0. The molecule has 2 nitrogen and oxygen atoms in total. The van der Waals surface area contributed by atoms with Crippen LogP contribution < -0.4 is 5.73 Å². The molecule has 2 aliphatic rings. The van der Waals surface area contributed by atoms with Crippen LogP contribution in [-0.4, -0.2) is 30.1 Å². The van der Waals surface area contributed by atoms with Crippen molar-refractivity contribution in [2.45, 2.75) is 72.3 Å². The van der Waals surface area contributed by atoms with Crippen molar-refractivity contribution < 1.29 is 0 Å². The van der Waals surface area contributed by atoms with Gasteiger partial charge in [-0.25, -0.2) is 0 Å². The summed E-state index contributed by atoms with van der Waals surface area (Å²) >= 11 is 0. The number of hydrogen-bond donors (Lipinski definition) is 1. The minimum absolute atomic E-state index is 0.281. The van der Waals surface area contributed by atoms with E-state index >= 15 is 0 Å². The number of likely N-dealkylation sites (tertiary alicyclic amines) is 1. The first-order valence-corrected chi connectivity index (χ1v) is 8.73. The van der Waals surface area contributed by atoms with Crippen LogP contribution in [-0.2, 0) is 0 Å². The van der Waals surface area contributed by atoms with Crippen molar-refractivity contribution in [1.29, 1.82) is 0 Å². The Kier molecular flexibility index (Phi) is 4.86. The van der Waals surface area contributed by atoms with Crippen molar-refractivity contribution in [1.82, 2.24) is 4.90 Å². The molecule has 1 heterocycles. The molecule has 0 amide bonds. The lowest BCUT2D eigenvalue weighted by Crippen LogP contribution is -2.60. The maximum absolute atomic E-state index is 6.31. The smallest absolute Gasteiger partial charge is 0.0339 e. The van der Waals surface area contributed by atoms with E-state index in [1.54, 1.807) is 0 Å². The second-order valence-corrected chi connectivity index (χ2v) is 8.85. The fourth-order valence-corrected chi connectivity index (χ4v) is 5.27. The van der Waals surface area contributed by atoms with E-state index < -0.39 is 0 Å². The van der Waals surface area contributed by atoms with Crippen molar-refractivity contribution in [2.24, 2.45) is 28.9 Å². The Hall–Kier alpha value is -0.0800. The van der Waals surface area contributed by atoms with Gasteiger partial charge in [-0.2, -0.15) is 0 Å². The van der Waals surface area contributed by atoms with Gasteiger partial charge in [0, 0.05) is 12.1 Å². The van der Waals surface area contributed by atoms with Gasteiger partial charge in [0.25, 0.3) is 0 Å². The molecule has 1 saturated carbocycles. The number of nitrogens with two attached hydrogens (primary N) is 1. The molecule has 2 atom stereocenters. The van der Waals surface area contributed by atoms with Gasteiger partial charge in [-0.1, -0.05) is 34.6 Å². The molecule has 0 aromatic carbocycles. The van der Waals surface area contributed by atoms with E-state index in [-0.39, 0.29) is 5.54 Å². The minimum atomic E-state index is 0.281. The topological polar surface area (TPSA) is 29.3 Å². The molecule has 2 unspecified atom stereocenters. The molecule has 2 fully saturated rings. The summed E-state index contributed by atoms with van der Waals surface area (Å²) in [4.78, 5) is 2.77. The Morgan fingerprint density at radius 1 is 1.15 bits per heavy atom. The van der Waals surface area contributed by atoms with Gasteiger partial charge in [0.1, 0.15) is 0 Å². The highest BCUT2D eigenvalue weighted by atomic mass is 15.2. The SMILES string of the molecule is CC1CC(C)(C)CC(CN)(N2CCC(C(C)C)CC2)C1. The van der Waals surface area contributed by atoms with E-state index in [9.17, 15) is 0 Å². The minimum Gasteiger partial charge on any atom is -0.329 e. The van der Waals surface area contributed by atoms with E-state index in [4.69, 9.17) is 5.73 Å². The Morgan fingerprint density at radius 3 is 2.20 bits per heavy atom. The average molecular weight is 280 g/mol. The third kappa shape index (κ3) is 3.39. The third-order valence-corrected chi connectivity index (χ3v) is 5.97. The molecule has 118 valence electrons. The maximum Gasteiger partial charge on any atom is 0.0339 e. The third-order valence-electron chi connectivity index (χ3n) is 5.97. The van der Waals surface area contributed by atoms with Crippen LogP contribution in [0.25, 0.3) is 0 Å². The molecule has 0 aromatic rings. The van der Waals surface area contributed by atoms with Crippen LogP contribution in [0.1, 0.15) is 66.7 Å². The number of piperidine rings is 1. The van der Waals surface area contributed by atoms with Crippen LogP contribution in [0.5, 0.6) is 0 Å². The monoisotopic (exact) mass is 280 g/mol. The van der Waals surface area contributed by atoms with Gasteiger partial charge < -0.3 is 5.73 Å². The summed E-state index contributed by atoms with van der Waals surface area (Å²) in [6, 6.07) is 0. The normalized spacial score (nSPS) is 36.5. The summed E-state index contributed by atoms with van der Waals surface area (Å²) in [5.74, 6) is 2.58. The Bertz CT molecular complexity index is 315. The molecule has 20 heavy (non-hydrogen) atoms. The predicted octanol–water partition coefficient (Wildman–Crippen LogP) is 3.90. The van der Waals surface area contributed by atoms with Gasteiger partial charge in [-0.15, -0.1) is 0 Å². The fraction of sp³-hybridized carbons (Fsp3) is 1.00. The number of nitrogens with zero attached hydrogens (tertiary/aromatic N) is 1. The van der Waals surface area contributed by atoms with Crippen LogP contribution in [0.4, 0.5) is 0 Å². The molecular formula is C18H36N2. The molecule has 0 spiro atoms. The summed E-state index contributed by atoms with van der Waals surface area (Å²) in [6.45, 7) is 15.4. The summed E-state index contributed by atoms with van der Waals surface area (Å²) < 4.78 is 0. The molecule has 0 bridgehead atoms. The van der Waals surface area contributed by atoms with E-state index in [1.807, 2.05) is 0 Å². The van der Waals surface area contributed by atoms with Crippen molar-refractivity contribution in [3.8, 4) is 0 Å². The van der Waals surface area contributed by atoms with E-state index in [0.717, 1.165) is 24.3 Å². The van der Waals surface area contributed by atoms with Crippen molar-refractivity contribution in [3.05, 3.63) is 0 Å². The van der Waals surface area contributed by atoms with Crippen molar-refractivity contribution in [3.63, 3.8) is 0 Å². The molecule has 1 aliphatic heterocycles. The molecule has 0 radical (unpaired) electrons. The molecule has 0 aromatic heterocycles. The highest BCUT2D eigenvalue weighted by molar-refractivity contribution is 5.02. The second kappa shape index (κ2) is 5.96. The van der Waals surface area contributed by atoms with Gasteiger partial charge in [-0.05, 0) is 68.4 Å². The Morgan fingerprint density at radius 2 is 1.75 bits per heavy atom. The fourth-order valence-electron chi connectivity index (χ4n) is 5.27. The number of hydrogen-bond acceptors (Lipinski definition) is 2. The maximum atomic E-state index is 6.31. The van der Waals surface area contributed by atoms with Gasteiger partial charge in [-0.3, -0.25) is 4.90 Å². The average Bonchev–Trinajstić information content (AvgIpc) is 2.36. The van der Waals surface area contributed by atoms with Crippen molar-refractivity contribution >= 4 is 0 Å². The summed E-state index contributed by atoms with van der Waals surface area (Å²) in [7, 11) is 0. The Labute approximate surface area is 126 Å². The standard InChI is InChI=1S/C18H36N2/c1-14(2)16-6-8-20(9-7-16)18(13-19)11-15(3)10-17(4,5)12-18/h14-16H,6-13,19H2,1-5H3. The van der Waals surface area contributed by atoms with Crippen LogP contribution in [0, 0.1) is 23.2 Å². The highest BCUT2D eigenvalue weighted by Gasteiger charge is 2.46. The van der Waals surface area contributed by atoms with Gasteiger partial charge >= 0.3 is 0 Å². The van der Waals surface area contributed by atoms with Crippen LogP contribution in [0.2, 0.25) is 0 Å². The molecule has 1 aliphatic carbocycles. The lowest BCUT2D eigenvalue weighted by Gasteiger charge is -2.54. The molecule has 2 N–H and O–H groups in total. The van der Waals surface area contributed by atoms with Gasteiger partial charge in [0.2, 0.25) is 0 Å². The first-order chi connectivity index (χ1) is 9.28. The zero-order chi connectivity index (χ0) is 15.0. The largest absolute Gasteiger partial charge is 0.329 e. The van der Waals surface area contributed by atoms with Gasteiger partial charge in [0.15, 0.2) is 0 Å². The summed E-state index contributed by atoms with van der Waals surface area (Å²) in [5.41, 5.74) is 7.04. The second-order valence-electron chi connectivity index (χ2n) is 8.85. The van der Waals surface area contributed by atoms with Crippen LogP contribution in [0.15, 0.2) is 0 Å².